The van der Waals surface area contributed by atoms with Crippen LogP contribution in [0, 0.1) is 6.92 Å². The van der Waals surface area contributed by atoms with Crippen molar-refractivity contribution in [1.29, 1.82) is 0 Å². The van der Waals surface area contributed by atoms with Crippen molar-refractivity contribution in [3.05, 3.63) is 50.4 Å². The number of nitrogens with two attached hydrogens (primary N) is 1. The van der Waals surface area contributed by atoms with Crippen LogP contribution in [0.5, 0.6) is 0 Å². The molecule has 16 heavy (non-hydrogen) atoms. The number of halogens is 1. The van der Waals surface area contributed by atoms with Gasteiger partial charge in [0.15, 0.2) is 0 Å². The minimum absolute atomic E-state index is 0.00822. The van der Waals surface area contributed by atoms with Crippen LogP contribution >= 0.6 is 27.3 Å². The van der Waals surface area contributed by atoms with Crippen LogP contribution in [-0.4, -0.2) is 4.98 Å². The maximum Gasteiger partial charge on any atom is 0.0898 e. The summed E-state index contributed by atoms with van der Waals surface area (Å²) in [5, 5.41) is 3.11. The number of hydrogen-bond donors (Lipinski definition) is 1. The van der Waals surface area contributed by atoms with Gasteiger partial charge in [-0.1, -0.05) is 28.1 Å². The Balaban J connectivity index is 2.07. The highest BCUT2D eigenvalue weighted by molar-refractivity contribution is 9.10. The van der Waals surface area contributed by atoms with Gasteiger partial charge < -0.3 is 5.73 Å². The molecule has 1 aromatic carbocycles. The Morgan fingerprint density at radius 2 is 2.06 bits per heavy atom. The Kier molecular flexibility index (Phi) is 3.74. The molecule has 0 amide bonds. The van der Waals surface area contributed by atoms with Gasteiger partial charge in [0.05, 0.1) is 16.7 Å². The lowest BCUT2D eigenvalue weighted by Gasteiger charge is -2.08. The van der Waals surface area contributed by atoms with E-state index in [0.717, 1.165) is 21.6 Å². The highest BCUT2D eigenvalue weighted by atomic mass is 79.9. The molecule has 0 aliphatic carbocycles. The molecule has 84 valence electrons. The van der Waals surface area contributed by atoms with Gasteiger partial charge in [0.2, 0.25) is 0 Å². The quantitative estimate of drug-likeness (QED) is 0.942. The summed E-state index contributed by atoms with van der Waals surface area (Å²) in [7, 11) is 0. The third-order valence-electron chi connectivity index (χ3n) is 2.39. The molecule has 0 aliphatic rings. The van der Waals surface area contributed by atoms with Crippen molar-refractivity contribution in [2.45, 2.75) is 19.4 Å². The van der Waals surface area contributed by atoms with Crippen molar-refractivity contribution < 1.29 is 0 Å². The second-order valence-corrected chi connectivity index (χ2v) is 5.71. The number of aromatic nitrogens is 1. The molecule has 0 aliphatic heterocycles. The smallest absolute Gasteiger partial charge is 0.0898 e. The fourth-order valence-corrected chi connectivity index (χ4v) is 2.47. The van der Waals surface area contributed by atoms with Gasteiger partial charge in [-0.25, -0.2) is 4.98 Å². The molecule has 0 radical (unpaired) electrons. The van der Waals surface area contributed by atoms with E-state index >= 15 is 0 Å². The van der Waals surface area contributed by atoms with Gasteiger partial charge in [0, 0.05) is 9.85 Å². The summed E-state index contributed by atoms with van der Waals surface area (Å²) in [6.07, 6.45) is 0.830. The van der Waals surface area contributed by atoms with Crippen molar-refractivity contribution >= 4 is 27.3 Å². The number of thiazole rings is 1. The SMILES string of the molecule is Cc1nc(C(N)Cc2ccc(Br)cc2)cs1. The van der Waals surface area contributed by atoms with Crippen LogP contribution in [0.1, 0.15) is 22.3 Å². The zero-order valence-corrected chi connectivity index (χ0v) is 11.4. The second kappa shape index (κ2) is 5.08. The second-order valence-electron chi connectivity index (χ2n) is 3.73. The van der Waals surface area contributed by atoms with Crippen LogP contribution in [0.4, 0.5) is 0 Å². The van der Waals surface area contributed by atoms with Gasteiger partial charge in [-0.15, -0.1) is 11.3 Å². The van der Waals surface area contributed by atoms with Crippen molar-refractivity contribution in [1.82, 2.24) is 4.98 Å². The summed E-state index contributed by atoms with van der Waals surface area (Å²) in [6.45, 7) is 2.00. The number of nitrogens with zero attached hydrogens (tertiary/aromatic N) is 1. The summed E-state index contributed by atoms with van der Waals surface area (Å²) in [6, 6.07) is 8.24. The summed E-state index contributed by atoms with van der Waals surface area (Å²) in [4.78, 5) is 4.41. The Bertz CT molecular complexity index is 464. The fourth-order valence-electron chi connectivity index (χ4n) is 1.53. The van der Waals surface area contributed by atoms with Gasteiger partial charge in [-0.3, -0.25) is 0 Å². The molecule has 0 spiro atoms. The van der Waals surface area contributed by atoms with Gasteiger partial charge >= 0.3 is 0 Å². The molecule has 2 N–H and O–H groups in total. The predicted octanol–water partition coefficient (Wildman–Crippen LogP) is 3.46. The highest BCUT2D eigenvalue weighted by Gasteiger charge is 2.09. The zero-order valence-electron chi connectivity index (χ0n) is 8.98. The zero-order chi connectivity index (χ0) is 11.5. The van der Waals surface area contributed by atoms with Crippen molar-refractivity contribution in [3.63, 3.8) is 0 Å². The van der Waals surface area contributed by atoms with E-state index in [-0.39, 0.29) is 6.04 Å². The maximum absolute atomic E-state index is 6.11. The molecule has 1 heterocycles. The van der Waals surface area contributed by atoms with Gasteiger partial charge in [-0.05, 0) is 31.0 Å². The first-order valence-corrected chi connectivity index (χ1v) is 6.74. The first-order chi connectivity index (χ1) is 7.65. The third-order valence-corrected chi connectivity index (χ3v) is 3.71. The lowest BCUT2D eigenvalue weighted by Crippen LogP contribution is -2.13. The molecule has 2 aromatic rings. The molecule has 2 nitrogen and oxygen atoms in total. The standard InChI is InChI=1S/C12H13BrN2S/c1-8-15-12(7-16-8)11(14)6-9-2-4-10(13)5-3-9/h2-5,7,11H,6,14H2,1H3. The molecule has 0 saturated carbocycles. The number of hydrogen-bond acceptors (Lipinski definition) is 3. The molecule has 1 unspecified atom stereocenters. The largest absolute Gasteiger partial charge is 0.322 e. The first-order valence-electron chi connectivity index (χ1n) is 5.07. The molecule has 0 fully saturated rings. The fraction of sp³-hybridized carbons (Fsp3) is 0.250. The summed E-state index contributed by atoms with van der Waals surface area (Å²) in [5.74, 6) is 0. The van der Waals surface area contributed by atoms with Crippen molar-refractivity contribution in [2.75, 3.05) is 0 Å². The number of benzene rings is 1. The van der Waals surface area contributed by atoms with Gasteiger partial charge in [-0.2, -0.15) is 0 Å². The number of aryl methyl sites for hydroxylation is 1. The van der Waals surface area contributed by atoms with E-state index in [4.69, 9.17) is 5.73 Å². The molecule has 0 bridgehead atoms. The molecule has 0 saturated heterocycles. The Morgan fingerprint density at radius 3 is 2.62 bits per heavy atom. The van der Waals surface area contributed by atoms with Gasteiger partial charge in [0.25, 0.3) is 0 Å². The highest BCUT2D eigenvalue weighted by Crippen LogP contribution is 2.19. The first kappa shape index (κ1) is 11.8. The van der Waals surface area contributed by atoms with Crippen LogP contribution in [0.3, 0.4) is 0 Å². The van der Waals surface area contributed by atoms with Crippen LogP contribution < -0.4 is 5.73 Å². The maximum atomic E-state index is 6.11. The lowest BCUT2D eigenvalue weighted by molar-refractivity contribution is 0.700. The Labute approximate surface area is 108 Å². The van der Waals surface area contributed by atoms with Crippen LogP contribution in [0.15, 0.2) is 34.1 Å². The van der Waals surface area contributed by atoms with E-state index in [9.17, 15) is 0 Å². The Morgan fingerprint density at radius 1 is 1.38 bits per heavy atom. The number of rotatable bonds is 3. The molecule has 4 heteroatoms. The molecule has 1 atom stereocenters. The average molecular weight is 297 g/mol. The topological polar surface area (TPSA) is 38.9 Å². The molecular formula is C12H13BrN2S. The summed E-state index contributed by atoms with van der Waals surface area (Å²) in [5.41, 5.74) is 8.34. The van der Waals surface area contributed by atoms with Crippen LogP contribution in [-0.2, 0) is 6.42 Å². The molecular weight excluding hydrogens is 284 g/mol. The minimum Gasteiger partial charge on any atom is -0.322 e. The van der Waals surface area contributed by atoms with Crippen LogP contribution in [0.2, 0.25) is 0 Å². The van der Waals surface area contributed by atoms with E-state index < -0.39 is 0 Å². The van der Waals surface area contributed by atoms with Crippen molar-refractivity contribution in [3.8, 4) is 0 Å². The van der Waals surface area contributed by atoms with E-state index in [1.165, 1.54) is 5.56 Å². The summed E-state index contributed by atoms with van der Waals surface area (Å²) < 4.78 is 1.09. The average Bonchev–Trinajstić information content (AvgIpc) is 2.68. The Hall–Kier alpha value is -0.710. The van der Waals surface area contributed by atoms with E-state index in [1.54, 1.807) is 11.3 Å². The normalized spacial score (nSPS) is 12.7. The summed E-state index contributed by atoms with van der Waals surface area (Å²) >= 11 is 5.07. The van der Waals surface area contributed by atoms with Gasteiger partial charge in [0.1, 0.15) is 0 Å². The lowest BCUT2D eigenvalue weighted by atomic mass is 10.1. The van der Waals surface area contributed by atoms with E-state index in [2.05, 4.69) is 33.0 Å². The minimum atomic E-state index is -0.00822. The predicted molar refractivity (Wildman–Crippen MR) is 71.6 cm³/mol. The van der Waals surface area contributed by atoms with E-state index in [0.29, 0.717) is 0 Å². The monoisotopic (exact) mass is 296 g/mol. The van der Waals surface area contributed by atoms with Crippen LogP contribution in [0.25, 0.3) is 0 Å². The van der Waals surface area contributed by atoms with Crippen molar-refractivity contribution in [2.24, 2.45) is 5.73 Å². The van der Waals surface area contributed by atoms with E-state index in [1.807, 2.05) is 24.4 Å². The molecule has 2 rings (SSSR count). The molecule has 1 aromatic heterocycles. The third kappa shape index (κ3) is 2.90.